The fourth-order valence-electron chi connectivity index (χ4n) is 1.80. The zero-order valence-corrected chi connectivity index (χ0v) is 10.7. The second kappa shape index (κ2) is 5.69. The Bertz CT molecular complexity index is 338. The molecule has 0 bridgehead atoms. The molecule has 0 spiro atoms. The summed E-state index contributed by atoms with van der Waals surface area (Å²) in [5, 5.41) is 10.6. The van der Waals surface area contributed by atoms with Crippen LogP contribution < -0.4 is 5.32 Å². The van der Waals surface area contributed by atoms with Gasteiger partial charge in [0.15, 0.2) is 0 Å². The van der Waals surface area contributed by atoms with E-state index in [1.165, 1.54) is 11.1 Å². The number of likely N-dealkylation sites (N-methyl/N-ethyl adjacent to an activating group) is 1. The van der Waals surface area contributed by atoms with E-state index in [1.54, 1.807) is 7.05 Å². The highest BCUT2D eigenvalue weighted by Crippen LogP contribution is 2.17. The van der Waals surface area contributed by atoms with Crippen LogP contribution in [-0.2, 0) is 6.42 Å². The van der Waals surface area contributed by atoms with Crippen molar-refractivity contribution >= 4 is 5.84 Å². The summed E-state index contributed by atoms with van der Waals surface area (Å²) in [5.41, 5.74) is 2.58. The van der Waals surface area contributed by atoms with Crippen molar-refractivity contribution in [2.75, 3.05) is 7.05 Å². The normalized spacial score (nSPS) is 12.6. The minimum Gasteiger partial charge on any atom is -0.377 e. The molecule has 0 aliphatic heterocycles. The maximum absolute atomic E-state index is 7.74. The first-order chi connectivity index (χ1) is 7.54. The van der Waals surface area contributed by atoms with Gasteiger partial charge in [-0.25, -0.2) is 0 Å². The molecule has 2 nitrogen and oxygen atoms in total. The maximum atomic E-state index is 7.74. The molecule has 1 aromatic carbocycles. The zero-order chi connectivity index (χ0) is 12.1. The van der Waals surface area contributed by atoms with Crippen LogP contribution in [0.3, 0.4) is 0 Å². The van der Waals surface area contributed by atoms with Crippen molar-refractivity contribution < 1.29 is 0 Å². The fourth-order valence-corrected chi connectivity index (χ4v) is 1.80. The van der Waals surface area contributed by atoms with Crippen LogP contribution in [0.5, 0.6) is 0 Å². The number of benzene rings is 1. The molecule has 2 heteroatoms. The molecule has 0 heterocycles. The largest absolute Gasteiger partial charge is 0.377 e. The first-order valence-electron chi connectivity index (χ1n) is 5.89. The lowest BCUT2D eigenvalue weighted by molar-refractivity contribution is 0.647. The van der Waals surface area contributed by atoms with Crippen LogP contribution in [-0.4, -0.2) is 12.9 Å². The van der Waals surface area contributed by atoms with E-state index in [2.05, 4.69) is 50.4 Å². The van der Waals surface area contributed by atoms with Gasteiger partial charge in [-0.3, -0.25) is 5.41 Å². The molecule has 1 aromatic rings. The summed E-state index contributed by atoms with van der Waals surface area (Å²) in [7, 11) is 1.80. The highest BCUT2D eigenvalue weighted by molar-refractivity contribution is 5.85. The summed E-state index contributed by atoms with van der Waals surface area (Å²) in [4.78, 5) is 0. The van der Waals surface area contributed by atoms with Crippen molar-refractivity contribution in [3.63, 3.8) is 0 Å². The molecule has 0 aliphatic carbocycles. The summed E-state index contributed by atoms with van der Waals surface area (Å²) >= 11 is 0. The van der Waals surface area contributed by atoms with Gasteiger partial charge in [-0.1, -0.05) is 45.0 Å². The van der Waals surface area contributed by atoms with Gasteiger partial charge < -0.3 is 5.32 Å². The van der Waals surface area contributed by atoms with E-state index in [4.69, 9.17) is 5.41 Å². The summed E-state index contributed by atoms with van der Waals surface area (Å²) < 4.78 is 0. The van der Waals surface area contributed by atoms with Gasteiger partial charge in [0.2, 0.25) is 0 Å². The number of rotatable bonds is 4. The van der Waals surface area contributed by atoms with E-state index >= 15 is 0 Å². The smallest absolute Gasteiger partial charge is 0.100 e. The third-order valence-corrected chi connectivity index (χ3v) is 2.83. The number of hydrogen-bond acceptors (Lipinski definition) is 1. The van der Waals surface area contributed by atoms with Gasteiger partial charge in [-0.15, -0.1) is 0 Å². The van der Waals surface area contributed by atoms with Gasteiger partial charge in [0, 0.05) is 13.0 Å². The molecule has 0 aromatic heterocycles. The third kappa shape index (κ3) is 3.37. The lowest BCUT2D eigenvalue weighted by Crippen LogP contribution is -2.22. The quantitative estimate of drug-likeness (QED) is 0.591. The Morgan fingerprint density at radius 2 is 1.75 bits per heavy atom. The second-order valence-electron chi connectivity index (χ2n) is 4.72. The highest BCUT2D eigenvalue weighted by atomic mass is 14.9. The second-order valence-corrected chi connectivity index (χ2v) is 4.72. The maximum Gasteiger partial charge on any atom is 0.100 e. The molecule has 0 radical (unpaired) electrons. The van der Waals surface area contributed by atoms with E-state index in [9.17, 15) is 0 Å². The van der Waals surface area contributed by atoms with E-state index in [-0.39, 0.29) is 5.92 Å². The monoisotopic (exact) mass is 218 g/mol. The molecule has 0 amide bonds. The first-order valence-corrected chi connectivity index (χ1v) is 5.89. The molecular formula is C14H22N2. The van der Waals surface area contributed by atoms with Gasteiger partial charge in [-0.05, 0) is 23.5 Å². The molecule has 0 fully saturated rings. The number of nitrogens with one attached hydrogen (secondary N) is 2. The number of amidine groups is 1. The Hall–Kier alpha value is -1.31. The molecule has 1 rings (SSSR count). The van der Waals surface area contributed by atoms with E-state index in [0.717, 1.165) is 6.42 Å². The predicted molar refractivity (Wildman–Crippen MR) is 70.2 cm³/mol. The van der Waals surface area contributed by atoms with Crippen LogP contribution in [0.4, 0.5) is 0 Å². The van der Waals surface area contributed by atoms with Crippen molar-refractivity contribution in [2.45, 2.75) is 33.1 Å². The van der Waals surface area contributed by atoms with Crippen molar-refractivity contribution in [3.8, 4) is 0 Å². The lowest BCUT2D eigenvalue weighted by Gasteiger charge is -2.14. The molecule has 1 atom stereocenters. The van der Waals surface area contributed by atoms with Gasteiger partial charge in [0.25, 0.3) is 0 Å². The van der Waals surface area contributed by atoms with Crippen LogP contribution in [0.2, 0.25) is 0 Å². The first kappa shape index (κ1) is 12.8. The fraction of sp³-hybridized carbons (Fsp3) is 0.500. The van der Waals surface area contributed by atoms with Crippen LogP contribution in [0.25, 0.3) is 0 Å². The topological polar surface area (TPSA) is 35.9 Å². The summed E-state index contributed by atoms with van der Waals surface area (Å²) in [6, 6.07) is 8.62. The minimum absolute atomic E-state index is 0.151. The van der Waals surface area contributed by atoms with Crippen LogP contribution in [0.1, 0.15) is 37.8 Å². The average Bonchev–Trinajstić information content (AvgIpc) is 2.27. The van der Waals surface area contributed by atoms with E-state index in [0.29, 0.717) is 11.8 Å². The number of hydrogen-bond donors (Lipinski definition) is 2. The average molecular weight is 218 g/mol. The van der Waals surface area contributed by atoms with Crippen molar-refractivity contribution in [1.29, 1.82) is 5.41 Å². The Labute approximate surface area is 98.6 Å². The summed E-state index contributed by atoms with van der Waals surface area (Å²) in [6.07, 6.45) is 1.12. The van der Waals surface area contributed by atoms with Crippen molar-refractivity contribution in [2.24, 2.45) is 5.92 Å². The van der Waals surface area contributed by atoms with E-state index < -0.39 is 0 Å². The van der Waals surface area contributed by atoms with Gasteiger partial charge in [-0.2, -0.15) is 0 Å². The van der Waals surface area contributed by atoms with Crippen LogP contribution >= 0.6 is 0 Å². The zero-order valence-electron chi connectivity index (χ0n) is 10.7. The molecule has 16 heavy (non-hydrogen) atoms. The summed E-state index contributed by atoms with van der Waals surface area (Å²) in [5.74, 6) is 1.41. The SMILES string of the molecule is CNC(=N)C(C)c1ccc(CC(C)C)cc1. The van der Waals surface area contributed by atoms with Gasteiger partial charge in [0.1, 0.15) is 5.84 Å². The Morgan fingerprint density at radius 3 is 2.19 bits per heavy atom. The Balaban J connectivity index is 2.74. The predicted octanol–water partition coefficient (Wildman–Crippen LogP) is 3.19. The van der Waals surface area contributed by atoms with Crippen LogP contribution in [0, 0.1) is 11.3 Å². The molecule has 0 saturated heterocycles. The highest BCUT2D eigenvalue weighted by Gasteiger charge is 2.09. The molecule has 0 aliphatic rings. The third-order valence-electron chi connectivity index (χ3n) is 2.83. The molecule has 2 N–H and O–H groups in total. The molecule has 88 valence electrons. The van der Waals surface area contributed by atoms with Gasteiger partial charge in [0.05, 0.1) is 0 Å². The minimum atomic E-state index is 0.151. The van der Waals surface area contributed by atoms with Crippen molar-refractivity contribution in [3.05, 3.63) is 35.4 Å². The van der Waals surface area contributed by atoms with Crippen LogP contribution in [0.15, 0.2) is 24.3 Å². The summed E-state index contributed by atoms with van der Waals surface area (Å²) in [6.45, 7) is 6.51. The molecular weight excluding hydrogens is 196 g/mol. The Morgan fingerprint density at radius 1 is 1.19 bits per heavy atom. The molecule has 1 unspecified atom stereocenters. The standard InChI is InChI=1S/C14H22N2/c1-10(2)9-12-5-7-13(8-6-12)11(3)14(15)16-4/h5-8,10-11H,9H2,1-4H3,(H2,15,16). The molecule has 0 saturated carbocycles. The van der Waals surface area contributed by atoms with E-state index in [1.807, 2.05) is 0 Å². The van der Waals surface area contributed by atoms with Gasteiger partial charge >= 0.3 is 0 Å². The Kier molecular flexibility index (Phi) is 4.53. The lowest BCUT2D eigenvalue weighted by atomic mass is 9.96. The van der Waals surface area contributed by atoms with Crippen molar-refractivity contribution in [1.82, 2.24) is 5.32 Å².